The van der Waals surface area contributed by atoms with E-state index in [1.165, 1.54) is 4.68 Å². The molecule has 0 unspecified atom stereocenters. The Kier molecular flexibility index (Phi) is 2.86. The fourth-order valence-corrected chi connectivity index (χ4v) is 1.38. The molecular formula is C11H9N3O2. The molecule has 0 aliphatic rings. The maximum absolute atomic E-state index is 10.7. The molecule has 80 valence electrons. The van der Waals surface area contributed by atoms with Gasteiger partial charge in [0.05, 0.1) is 6.54 Å². The minimum absolute atomic E-state index is 0.0260. The van der Waals surface area contributed by atoms with Gasteiger partial charge < -0.3 is 0 Å². The van der Waals surface area contributed by atoms with E-state index in [2.05, 4.69) is 10.1 Å². The van der Waals surface area contributed by atoms with E-state index in [-0.39, 0.29) is 11.6 Å². The summed E-state index contributed by atoms with van der Waals surface area (Å²) in [6.07, 6.45) is 1.11. The van der Waals surface area contributed by atoms with Gasteiger partial charge >= 0.3 is 0 Å². The summed E-state index contributed by atoms with van der Waals surface area (Å²) in [5.41, 5.74) is 0.993. The number of hydrogen-bond donors (Lipinski definition) is 0. The van der Waals surface area contributed by atoms with Crippen LogP contribution in [-0.4, -0.2) is 27.3 Å². The lowest BCUT2D eigenvalue weighted by atomic mass is 10.2. The largest absolute Gasteiger partial charge is 0.294 e. The van der Waals surface area contributed by atoms with Crippen LogP contribution in [-0.2, 0) is 6.54 Å². The van der Waals surface area contributed by atoms with Crippen molar-refractivity contribution in [3.8, 4) is 0 Å². The van der Waals surface area contributed by atoms with Crippen molar-refractivity contribution >= 4 is 12.6 Å². The van der Waals surface area contributed by atoms with Crippen LogP contribution in [0.15, 0.2) is 30.3 Å². The molecule has 2 rings (SSSR count). The van der Waals surface area contributed by atoms with Crippen LogP contribution in [0, 0.1) is 0 Å². The number of hydrogen-bond acceptors (Lipinski definition) is 4. The monoisotopic (exact) mass is 215 g/mol. The molecule has 0 spiro atoms. The number of aldehydes is 2. The molecule has 0 fully saturated rings. The average molecular weight is 215 g/mol. The van der Waals surface area contributed by atoms with Crippen LogP contribution >= 0.6 is 0 Å². The molecule has 0 saturated carbocycles. The van der Waals surface area contributed by atoms with E-state index in [4.69, 9.17) is 0 Å². The summed E-state index contributed by atoms with van der Waals surface area (Å²) in [6.45, 7) is 0.426. The zero-order valence-electron chi connectivity index (χ0n) is 8.41. The van der Waals surface area contributed by atoms with Crippen molar-refractivity contribution in [1.29, 1.82) is 0 Å². The van der Waals surface area contributed by atoms with Crippen LogP contribution in [0.5, 0.6) is 0 Å². The molecule has 0 amide bonds. The first-order chi connectivity index (χ1) is 7.83. The normalized spacial score (nSPS) is 10.0. The van der Waals surface area contributed by atoms with Gasteiger partial charge in [-0.3, -0.25) is 9.59 Å². The molecule has 1 aromatic carbocycles. The molecule has 0 bridgehead atoms. The van der Waals surface area contributed by atoms with Crippen molar-refractivity contribution in [3.05, 3.63) is 47.5 Å². The molecule has 2 aromatic rings. The first kappa shape index (κ1) is 10.2. The summed E-state index contributed by atoms with van der Waals surface area (Å²) in [4.78, 5) is 25.0. The number of benzene rings is 1. The molecule has 1 aromatic heterocycles. The van der Waals surface area contributed by atoms with Crippen molar-refractivity contribution in [2.24, 2.45) is 0 Å². The molecule has 0 aliphatic heterocycles. The van der Waals surface area contributed by atoms with E-state index in [0.717, 1.165) is 5.56 Å². The summed E-state index contributed by atoms with van der Waals surface area (Å²) in [6, 6.07) is 9.52. The van der Waals surface area contributed by atoms with Gasteiger partial charge in [-0.1, -0.05) is 30.3 Å². The van der Waals surface area contributed by atoms with Crippen LogP contribution in [0.3, 0.4) is 0 Å². The molecular weight excluding hydrogens is 206 g/mol. The molecule has 5 heteroatoms. The molecule has 0 aliphatic carbocycles. The van der Waals surface area contributed by atoms with Crippen LogP contribution in [0.25, 0.3) is 0 Å². The van der Waals surface area contributed by atoms with E-state index in [1.807, 2.05) is 30.3 Å². The zero-order chi connectivity index (χ0) is 11.4. The van der Waals surface area contributed by atoms with Crippen molar-refractivity contribution < 1.29 is 9.59 Å². The van der Waals surface area contributed by atoms with Crippen LogP contribution in [0.4, 0.5) is 0 Å². The lowest BCUT2D eigenvalue weighted by Crippen LogP contribution is -2.06. The highest BCUT2D eigenvalue weighted by Crippen LogP contribution is 2.03. The van der Waals surface area contributed by atoms with Crippen molar-refractivity contribution in [2.45, 2.75) is 6.54 Å². The Hall–Kier alpha value is -2.30. The Morgan fingerprint density at radius 2 is 1.88 bits per heavy atom. The highest BCUT2D eigenvalue weighted by Gasteiger charge is 2.08. The Bertz CT molecular complexity index is 505. The second-order valence-corrected chi connectivity index (χ2v) is 3.21. The smallest absolute Gasteiger partial charge is 0.214 e. The van der Waals surface area contributed by atoms with Gasteiger partial charge in [0.2, 0.25) is 5.82 Å². The lowest BCUT2D eigenvalue weighted by Gasteiger charge is -2.01. The Morgan fingerprint density at radius 1 is 1.12 bits per heavy atom. The van der Waals surface area contributed by atoms with Gasteiger partial charge in [0, 0.05) is 0 Å². The molecule has 0 saturated heterocycles. The number of rotatable bonds is 4. The van der Waals surface area contributed by atoms with Crippen molar-refractivity contribution in [3.63, 3.8) is 0 Å². The predicted octanol–water partition coefficient (Wildman–Crippen LogP) is 0.951. The van der Waals surface area contributed by atoms with Gasteiger partial charge in [0.15, 0.2) is 18.4 Å². The van der Waals surface area contributed by atoms with Gasteiger partial charge in [0.25, 0.3) is 0 Å². The maximum Gasteiger partial charge on any atom is 0.214 e. The number of carbonyl (C=O) groups excluding carboxylic acids is 2. The summed E-state index contributed by atoms with van der Waals surface area (Å²) in [5, 5.41) is 3.90. The number of aromatic nitrogens is 3. The van der Waals surface area contributed by atoms with E-state index < -0.39 is 0 Å². The second kappa shape index (κ2) is 4.48. The average Bonchev–Trinajstić information content (AvgIpc) is 2.73. The maximum atomic E-state index is 10.7. The molecule has 0 atom stereocenters. The van der Waals surface area contributed by atoms with Gasteiger partial charge in [-0.05, 0) is 5.56 Å². The van der Waals surface area contributed by atoms with Crippen LogP contribution in [0.2, 0.25) is 0 Å². The topological polar surface area (TPSA) is 64.8 Å². The van der Waals surface area contributed by atoms with E-state index in [0.29, 0.717) is 19.1 Å². The summed E-state index contributed by atoms with van der Waals surface area (Å²) in [5.74, 6) is 0.184. The van der Waals surface area contributed by atoms with Gasteiger partial charge in [-0.15, -0.1) is 5.10 Å². The summed E-state index contributed by atoms with van der Waals surface area (Å²) in [7, 11) is 0. The van der Waals surface area contributed by atoms with Crippen molar-refractivity contribution in [1.82, 2.24) is 14.8 Å². The molecule has 16 heavy (non-hydrogen) atoms. The Balaban J connectivity index is 2.30. The molecule has 1 heterocycles. The second-order valence-electron chi connectivity index (χ2n) is 3.21. The molecule has 0 radical (unpaired) electrons. The van der Waals surface area contributed by atoms with Crippen LogP contribution < -0.4 is 0 Å². The number of nitrogens with zero attached hydrogens (tertiary/aromatic N) is 3. The SMILES string of the molecule is O=Cc1nc(C=O)n(Cc2ccccc2)n1. The van der Waals surface area contributed by atoms with Gasteiger partial charge in [0.1, 0.15) is 0 Å². The molecule has 5 nitrogen and oxygen atoms in total. The zero-order valence-corrected chi connectivity index (χ0v) is 8.41. The summed E-state index contributed by atoms with van der Waals surface area (Å²) < 4.78 is 1.41. The molecule has 0 N–H and O–H groups in total. The van der Waals surface area contributed by atoms with Gasteiger partial charge in [-0.2, -0.15) is 0 Å². The lowest BCUT2D eigenvalue weighted by molar-refractivity contribution is 0.110. The Morgan fingerprint density at radius 3 is 2.50 bits per heavy atom. The van der Waals surface area contributed by atoms with E-state index in [9.17, 15) is 9.59 Å². The number of carbonyl (C=O) groups is 2. The fourth-order valence-electron chi connectivity index (χ4n) is 1.38. The quantitative estimate of drug-likeness (QED) is 0.712. The third-order valence-corrected chi connectivity index (χ3v) is 2.10. The van der Waals surface area contributed by atoms with Crippen molar-refractivity contribution in [2.75, 3.05) is 0 Å². The first-order valence-corrected chi connectivity index (χ1v) is 4.72. The third-order valence-electron chi connectivity index (χ3n) is 2.10. The van der Waals surface area contributed by atoms with E-state index >= 15 is 0 Å². The Labute approximate surface area is 91.7 Å². The van der Waals surface area contributed by atoms with Gasteiger partial charge in [-0.25, -0.2) is 9.67 Å². The highest BCUT2D eigenvalue weighted by molar-refractivity contribution is 5.74. The highest BCUT2D eigenvalue weighted by atomic mass is 16.1. The predicted molar refractivity (Wildman–Crippen MR) is 56.3 cm³/mol. The third kappa shape index (κ3) is 2.03. The first-order valence-electron chi connectivity index (χ1n) is 4.72. The van der Waals surface area contributed by atoms with E-state index in [1.54, 1.807) is 0 Å². The summed E-state index contributed by atoms with van der Waals surface area (Å²) >= 11 is 0. The minimum Gasteiger partial charge on any atom is -0.294 e. The standard InChI is InChI=1S/C11H9N3O2/c15-7-10-12-11(8-16)14(13-10)6-9-4-2-1-3-5-9/h1-5,7-8H,6H2. The van der Waals surface area contributed by atoms with Crippen LogP contribution in [0.1, 0.15) is 26.8 Å². The fraction of sp³-hybridized carbons (Fsp3) is 0.0909. The minimum atomic E-state index is 0.0260.